The molecule has 2 N–H and O–H groups in total. The standard InChI is InChI=1S/C21H17F3N2O3S/c22-21(23,24)17-8-5-9-18(13-17)25-26-20(27)16-7-4-6-15(12-16)14-30(28,29)19-10-2-1-3-11-19/h1-13,25H,14H2,(H,26,27). The molecule has 0 saturated heterocycles. The zero-order valence-corrected chi connectivity index (χ0v) is 16.3. The van der Waals surface area contributed by atoms with Gasteiger partial charge in [-0.1, -0.05) is 36.4 Å². The van der Waals surface area contributed by atoms with Crippen molar-refractivity contribution in [2.24, 2.45) is 0 Å². The van der Waals surface area contributed by atoms with E-state index in [1.807, 2.05) is 0 Å². The second-order valence-corrected chi connectivity index (χ2v) is 8.42. The Morgan fingerprint density at radius 1 is 0.867 bits per heavy atom. The third-order valence-electron chi connectivity index (χ3n) is 4.16. The van der Waals surface area contributed by atoms with E-state index in [2.05, 4.69) is 10.9 Å². The van der Waals surface area contributed by atoms with E-state index in [0.717, 1.165) is 12.1 Å². The minimum atomic E-state index is -4.50. The molecule has 0 fully saturated rings. The number of amides is 1. The van der Waals surface area contributed by atoms with Crippen LogP contribution in [0.15, 0.2) is 83.8 Å². The lowest BCUT2D eigenvalue weighted by atomic mass is 10.1. The van der Waals surface area contributed by atoms with E-state index in [9.17, 15) is 26.4 Å². The average Bonchev–Trinajstić information content (AvgIpc) is 2.72. The predicted molar refractivity (Wildman–Crippen MR) is 106 cm³/mol. The summed E-state index contributed by atoms with van der Waals surface area (Å²) in [6.07, 6.45) is -4.50. The van der Waals surface area contributed by atoms with Gasteiger partial charge in [-0.3, -0.25) is 15.6 Å². The molecule has 0 saturated carbocycles. The summed E-state index contributed by atoms with van der Waals surface area (Å²) in [6, 6.07) is 18.3. The molecule has 0 bridgehead atoms. The Hall–Kier alpha value is -3.33. The number of carbonyl (C=O) groups excluding carboxylic acids is 1. The highest BCUT2D eigenvalue weighted by atomic mass is 32.2. The third-order valence-corrected chi connectivity index (χ3v) is 5.86. The molecule has 156 valence electrons. The summed E-state index contributed by atoms with van der Waals surface area (Å²) in [5.41, 5.74) is 4.52. The molecule has 30 heavy (non-hydrogen) atoms. The fraction of sp³-hybridized carbons (Fsp3) is 0.0952. The molecule has 9 heteroatoms. The molecule has 0 aliphatic heterocycles. The Morgan fingerprint density at radius 2 is 1.57 bits per heavy atom. The Balaban J connectivity index is 1.69. The van der Waals surface area contributed by atoms with Crippen LogP contribution >= 0.6 is 0 Å². The molecule has 0 aliphatic rings. The maximum atomic E-state index is 12.8. The monoisotopic (exact) mass is 434 g/mol. The van der Waals surface area contributed by atoms with Crippen molar-refractivity contribution in [1.29, 1.82) is 0 Å². The number of nitrogens with one attached hydrogen (secondary N) is 2. The quantitative estimate of drug-likeness (QED) is 0.563. The molecule has 0 heterocycles. The van der Waals surface area contributed by atoms with Crippen LogP contribution in [0.1, 0.15) is 21.5 Å². The van der Waals surface area contributed by atoms with Crippen molar-refractivity contribution in [1.82, 2.24) is 5.43 Å². The van der Waals surface area contributed by atoms with Gasteiger partial charge < -0.3 is 0 Å². The first-order valence-corrected chi connectivity index (χ1v) is 10.4. The van der Waals surface area contributed by atoms with E-state index in [4.69, 9.17) is 0 Å². The van der Waals surface area contributed by atoms with E-state index in [0.29, 0.717) is 5.56 Å². The molecule has 5 nitrogen and oxygen atoms in total. The van der Waals surface area contributed by atoms with Crippen LogP contribution in [-0.2, 0) is 21.8 Å². The first-order valence-electron chi connectivity index (χ1n) is 8.75. The SMILES string of the molecule is O=C(NNc1cccc(C(F)(F)F)c1)c1cccc(CS(=O)(=O)c2ccccc2)c1. The molecule has 0 atom stereocenters. The highest BCUT2D eigenvalue weighted by Gasteiger charge is 2.30. The Morgan fingerprint density at radius 3 is 2.27 bits per heavy atom. The maximum absolute atomic E-state index is 12.8. The maximum Gasteiger partial charge on any atom is 0.416 e. The zero-order chi connectivity index (χ0) is 21.8. The minimum Gasteiger partial charge on any atom is -0.298 e. The van der Waals surface area contributed by atoms with E-state index in [1.165, 1.54) is 42.5 Å². The molecule has 3 aromatic carbocycles. The smallest absolute Gasteiger partial charge is 0.298 e. The van der Waals surface area contributed by atoms with Crippen molar-refractivity contribution in [2.45, 2.75) is 16.8 Å². The number of hydrogen-bond acceptors (Lipinski definition) is 4. The summed E-state index contributed by atoms with van der Waals surface area (Å²) < 4.78 is 63.3. The third kappa shape index (κ3) is 5.38. The molecule has 0 aromatic heterocycles. The number of hydrogen-bond donors (Lipinski definition) is 2. The van der Waals surface area contributed by atoms with E-state index < -0.39 is 27.5 Å². The molecule has 0 unspecified atom stereocenters. The minimum absolute atomic E-state index is 0.0565. The first-order chi connectivity index (χ1) is 14.1. The second-order valence-electron chi connectivity index (χ2n) is 6.43. The van der Waals surface area contributed by atoms with Crippen LogP contribution in [0.2, 0.25) is 0 Å². The molecule has 3 aromatic rings. The van der Waals surface area contributed by atoms with Gasteiger partial charge in [0.15, 0.2) is 9.84 Å². The van der Waals surface area contributed by atoms with Crippen LogP contribution in [0.3, 0.4) is 0 Å². The number of hydrazine groups is 1. The highest BCUT2D eigenvalue weighted by Crippen LogP contribution is 2.30. The topological polar surface area (TPSA) is 75.3 Å². The van der Waals surface area contributed by atoms with Gasteiger partial charge in [-0.25, -0.2) is 8.42 Å². The zero-order valence-electron chi connectivity index (χ0n) is 15.5. The average molecular weight is 434 g/mol. The van der Waals surface area contributed by atoms with E-state index in [-0.39, 0.29) is 21.9 Å². The van der Waals surface area contributed by atoms with Crippen LogP contribution in [0.25, 0.3) is 0 Å². The molecular formula is C21H17F3N2O3S. The van der Waals surface area contributed by atoms with Gasteiger partial charge in [0.25, 0.3) is 5.91 Å². The van der Waals surface area contributed by atoms with Crippen molar-refractivity contribution in [2.75, 3.05) is 5.43 Å². The lowest BCUT2D eigenvalue weighted by Crippen LogP contribution is -2.29. The fourth-order valence-corrected chi connectivity index (χ4v) is 4.06. The molecular weight excluding hydrogens is 417 g/mol. The Kier molecular flexibility index (Phi) is 6.12. The van der Waals surface area contributed by atoms with Gasteiger partial charge in [0.2, 0.25) is 0 Å². The summed E-state index contributed by atoms with van der Waals surface area (Å²) in [5, 5.41) is 0. The summed E-state index contributed by atoms with van der Waals surface area (Å²) in [5.74, 6) is -0.912. The predicted octanol–water partition coefficient (Wildman–Crippen LogP) is 4.44. The van der Waals surface area contributed by atoms with Gasteiger partial charge in [0.05, 0.1) is 21.9 Å². The van der Waals surface area contributed by atoms with Gasteiger partial charge in [-0.15, -0.1) is 0 Å². The summed E-state index contributed by atoms with van der Waals surface area (Å²) >= 11 is 0. The van der Waals surface area contributed by atoms with Crippen molar-refractivity contribution < 1.29 is 26.4 Å². The number of alkyl halides is 3. The summed E-state index contributed by atoms with van der Waals surface area (Å²) in [4.78, 5) is 12.5. The highest BCUT2D eigenvalue weighted by molar-refractivity contribution is 7.90. The number of benzene rings is 3. The molecule has 1 amide bonds. The number of sulfone groups is 1. The van der Waals surface area contributed by atoms with E-state index >= 15 is 0 Å². The molecule has 0 radical (unpaired) electrons. The lowest BCUT2D eigenvalue weighted by molar-refractivity contribution is -0.137. The first kappa shape index (κ1) is 21.4. The van der Waals surface area contributed by atoms with Crippen LogP contribution in [-0.4, -0.2) is 14.3 Å². The largest absolute Gasteiger partial charge is 0.416 e. The molecule has 0 aliphatic carbocycles. The van der Waals surface area contributed by atoms with Crippen LogP contribution in [0.4, 0.5) is 18.9 Å². The van der Waals surface area contributed by atoms with Crippen molar-refractivity contribution in [3.8, 4) is 0 Å². The van der Waals surface area contributed by atoms with Crippen molar-refractivity contribution in [3.05, 3.63) is 95.6 Å². The van der Waals surface area contributed by atoms with Crippen molar-refractivity contribution in [3.63, 3.8) is 0 Å². The molecule has 3 rings (SSSR count). The Labute approximate surface area is 171 Å². The van der Waals surface area contributed by atoms with Gasteiger partial charge in [-0.05, 0) is 48.0 Å². The number of carbonyl (C=O) groups is 1. The number of halogens is 3. The van der Waals surface area contributed by atoms with Gasteiger partial charge in [-0.2, -0.15) is 13.2 Å². The number of rotatable bonds is 6. The second kappa shape index (κ2) is 8.58. The van der Waals surface area contributed by atoms with E-state index in [1.54, 1.807) is 24.3 Å². The van der Waals surface area contributed by atoms with Crippen LogP contribution in [0, 0.1) is 0 Å². The summed E-state index contributed by atoms with van der Waals surface area (Å²) in [6.45, 7) is 0. The van der Waals surface area contributed by atoms with Crippen molar-refractivity contribution >= 4 is 21.4 Å². The summed E-state index contributed by atoms with van der Waals surface area (Å²) in [7, 11) is -3.58. The molecule has 0 spiro atoms. The fourth-order valence-electron chi connectivity index (χ4n) is 2.71. The van der Waals surface area contributed by atoms with Crippen LogP contribution in [0.5, 0.6) is 0 Å². The van der Waals surface area contributed by atoms with Crippen LogP contribution < -0.4 is 10.9 Å². The lowest BCUT2D eigenvalue weighted by Gasteiger charge is -2.12. The normalized spacial score (nSPS) is 11.7. The van der Waals surface area contributed by atoms with Gasteiger partial charge in [0.1, 0.15) is 0 Å². The number of anilines is 1. The Bertz CT molecular complexity index is 1150. The van der Waals surface area contributed by atoms with Gasteiger partial charge in [0, 0.05) is 5.56 Å². The van der Waals surface area contributed by atoms with Gasteiger partial charge >= 0.3 is 6.18 Å².